The van der Waals surface area contributed by atoms with Gasteiger partial charge in [0.2, 0.25) is 0 Å². The summed E-state index contributed by atoms with van der Waals surface area (Å²) in [6.45, 7) is 3.99. The van der Waals surface area contributed by atoms with E-state index in [9.17, 15) is 4.79 Å². The molecule has 1 fully saturated rings. The van der Waals surface area contributed by atoms with E-state index in [1.165, 1.54) is 6.42 Å². The number of carboxylic acids is 1. The molecule has 0 saturated carbocycles. The number of aliphatic carboxylic acids is 1. The smallest absolute Gasteiger partial charge is 0.320 e. The van der Waals surface area contributed by atoms with Gasteiger partial charge in [0.15, 0.2) is 0 Å². The minimum absolute atomic E-state index is 0.220. The Kier molecular flexibility index (Phi) is 4.22. The van der Waals surface area contributed by atoms with Crippen molar-refractivity contribution in [3.05, 3.63) is 0 Å². The summed E-state index contributed by atoms with van der Waals surface area (Å²) in [6, 6.07) is -0.220. The van der Waals surface area contributed by atoms with Crippen molar-refractivity contribution in [2.45, 2.75) is 45.1 Å². The fourth-order valence-corrected chi connectivity index (χ4v) is 2.00. The zero-order chi connectivity index (χ0) is 9.68. The lowest BCUT2D eigenvalue weighted by Gasteiger charge is -2.25. The molecule has 13 heavy (non-hydrogen) atoms. The summed E-state index contributed by atoms with van der Waals surface area (Å²) >= 11 is 0. The van der Waals surface area contributed by atoms with E-state index in [0.29, 0.717) is 0 Å². The lowest BCUT2D eigenvalue weighted by molar-refractivity contribution is -0.143. The summed E-state index contributed by atoms with van der Waals surface area (Å²) < 4.78 is 0. The largest absolute Gasteiger partial charge is 0.480 e. The van der Waals surface area contributed by atoms with Gasteiger partial charge in [-0.2, -0.15) is 0 Å². The molecular weight excluding hydrogens is 166 g/mol. The normalized spacial score (nSPS) is 25.5. The van der Waals surface area contributed by atoms with E-state index in [1.807, 2.05) is 0 Å². The maximum atomic E-state index is 11.0. The van der Waals surface area contributed by atoms with Crippen LogP contribution in [0.2, 0.25) is 0 Å². The standard InChI is InChI=1S/C10H19NO2/c1-2-7-11-8-5-3-4-6-9(11)10(12)13/h9H,2-8H2,1H3,(H,12,13)/t9-/m0/s1. The summed E-state index contributed by atoms with van der Waals surface area (Å²) in [5.41, 5.74) is 0. The number of likely N-dealkylation sites (tertiary alicyclic amines) is 1. The van der Waals surface area contributed by atoms with E-state index in [2.05, 4.69) is 11.8 Å². The van der Waals surface area contributed by atoms with Gasteiger partial charge < -0.3 is 5.11 Å². The number of hydrogen-bond donors (Lipinski definition) is 1. The first-order valence-corrected chi connectivity index (χ1v) is 5.22. The molecule has 0 aromatic carbocycles. The maximum Gasteiger partial charge on any atom is 0.320 e. The maximum absolute atomic E-state index is 11.0. The van der Waals surface area contributed by atoms with Crippen LogP contribution in [-0.2, 0) is 4.79 Å². The van der Waals surface area contributed by atoms with Crippen LogP contribution in [0.3, 0.4) is 0 Å². The number of nitrogens with zero attached hydrogens (tertiary/aromatic N) is 1. The van der Waals surface area contributed by atoms with Gasteiger partial charge in [-0.15, -0.1) is 0 Å². The minimum atomic E-state index is -0.643. The van der Waals surface area contributed by atoms with Gasteiger partial charge in [0.05, 0.1) is 0 Å². The van der Waals surface area contributed by atoms with E-state index in [-0.39, 0.29) is 6.04 Å². The minimum Gasteiger partial charge on any atom is -0.480 e. The zero-order valence-corrected chi connectivity index (χ0v) is 8.33. The van der Waals surface area contributed by atoms with Crippen LogP contribution in [0.25, 0.3) is 0 Å². The Labute approximate surface area is 79.7 Å². The molecule has 3 nitrogen and oxygen atoms in total. The lowest BCUT2D eigenvalue weighted by Crippen LogP contribution is -2.41. The molecule has 0 amide bonds. The van der Waals surface area contributed by atoms with E-state index in [4.69, 9.17) is 5.11 Å². The van der Waals surface area contributed by atoms with Crippen molar-refractivity contribution < 1.29 is 9.90 Å². The first kappa shape index (κ1) is 10.5. The Bertz CT molecular complexity index is 170. The SMILES string of the molecule is CCCN1CCCCC[C@H]1C(=O)O. The monoisotopic (exact) mass is 185 g/mol. The van der Waals surface area contributed by atoms with E-state index >= 15 is 0 Å². The summed E-state index contributed by atoms with van der Waals surface area (Å²) in [4.78, 5) is 13.1. The van der Waals surface area contributed by atoms with Crippen LogP contribution in [0, 0.1) is 0 Å². The van der Waals surface area contributed by atoms with Crippen LogP contribution in [0.5, 0.6) is 0 Å². The lowest BCUT2D eigenvalue weighted by atomic mass is 10.1. The van der Waals surface area contributed by atoms with Gasteiger partial charge in [-0.1, -0.05) is 19.8 Å². The number of carbonyl (C=O) groups is 1. The molecule has 0 bridgehead atoms. The third-order valence-electron chi connectivity index (χ3n) is 2.66. The molecule has 76 valence electrons. The quantitative estimate of drug-likeness (QED) is 0.728. The first-order chi connectivity index (χ1) is 6.25. The predicted octanol–water partition coefficient (Wildman–Crippen LogP) is 1.73. The van der Waals surface area contributed by atoms with E-state index < -0.39 is 5.97 Å². The predicted molar refractivity (Wildman–Crippen MR) is 51.8 cm³/mol. The highest BCUT2D eigenvalue weighted by Crippen LogP contribution is 2.16. The molecule has 0 aromatic rings. The first-order valence-electron chi connectivity index (χ1n) is 5.22. The molecule has 1 rings (SSSR count). The summed E-state index contributed by atoms with van der Waals surface area (Å²) in [5, 5.41) is 9.02. The Balaban J connectivity index is 2.55. The average molecular weight is 185 g/mol. The molecule has 1 aliphatic heterocycles. The van der Waals surface area contributed by atoms with Crippen molar-refractivity contribution in [2.75, 3.05) is 13.1 Å². The van der Waals surface area contributed by atoms with Crippen LogP contribution in [0.4, 0.5) is 0 Å². The Morgan fingerprint density at radius 3 is 2.85 bits per heavy atom. The number of rotatable bonds is 3. The van der Waals surface area contributed by atoms with Gasteiger partial charge in [0.25, 0.3) is 0 Å². The molecule has 0 aromatic heterocycles. The summed E-state index contributed by atoms with van der Waals surface area (Å²) in [6.07, 6.45) is 5.28. The van der Waals surface area contributed by atoms with E-state index in [1.54, 1.807) is 0 Å². The molecule has 0 radical (unpaired) electrons. The second kappa shape index (κ2) is 5.22. The van der Waals surface area contributed by atoms with Crippen molar-refractivity contribution >= 4 is 5.97 Å². The molecule has 0 unspecified atom stereocenters. The molecule has 1 atom stereocenters. The van der Waals surface area contributed by atoms with E-state index in [0.717, 1.165) is 38.8 Å². The third kappa shape index (κ3) is 2.99. The fourth-order valence-electron chi connectivity index (χ4n) is 2.00. The second-order valence-corrected chi connectivity index (χ2v) is 3.74. The second-order valence-electron chi connectivity index (χ2n) is 3.74. The number of carboxylic acid groups (broad SMARTS) is 1. The molecular formula is C10H19NO2. The topological polar surface area (TPSA) is 40.5 Å². The highest BCUT2D eigenvalue weighted by atomic mass is 16.4. The molecule has 1 aliphatic rings. The zero-order valence-electron chi connectivity index (χ0n) is 8.33. The van der Waals surface area contributed by atoms with Gasteiger partial charge in [-0.3, -0.25) is 9.69 Å². The third-order valence-corrected chi connectivity index (χ3v) is 2.66. The van der Waals surface area contributed by atoms with Crippen molar-refractivity contribution in [2.24, 2.45) is 0 Å². The number of hydrogen-bond acceptors (Lipinski definition) is 2. The Morgan fingerprint density at radius 2 is 2.23 bits per heavy atom. The van der Waals surface area contributed by atoms with Gasteiger partial charge in [-0.25, -0.2) is 0 Å². The van der Waals surface area contributed by atoms with Crippen molar-refractivity contribution in [3.8, 4) is 0 Å². The molecule has 0 aliphatic carbocycles. The highest BCUT2D eigenvalue weighted by molar-refractivity contribution is 5.73. The van der Waals surface area contributed by atoms with Crippen molar-refractivity contribution in [1.29, 1.82) is 0 Å². The Hall–Kier alpha value is -0.570. The molecule has 1 N–H and O–H groups in total. The van der Waals surface area contributed by atoms with Crippen LogP contribution in [0.15, 0.2) is 0 Å². The fraction of sp³-hybridized carbons (Fsp3) is 0.900. The molecule has 3 heteroatoms. The van der Waals surface area contributed by atoms with Gasteiger partial charge in [0, 0.05) is 0 Å². The summed E-state index contributed by atoms with van der Waals surface area (Å²) in [7, 11) is 0. The highest BCUT2D eigenvalue weighted by Gasteiger charge is 2.25. The van der Waals surface area contributed by atoms with Gasteiger partial charge in [0.1, 0.15) is 6.04 Å². The van der Waals surface area contributed by atoms with Crippen molar-refractivity contribution in [1.82, 2.24) is 4.90 Å². The molecule has 1 heterocycles. The van der Waals surface area contributed by atoms with Crippen LogP contribution in [-0.4, -0.2) is 35.1 Å². The molecule has 0 spiro atoms. The van der Waals surface area contributed by atoms with Crippen LogP contribution >= 0.6 is 0 Å². The van der Waals surface area contributed by atoms with Gasteiger partial charge in [-0.05, 0) is 32.4 Å². The van der Waals surface area contributed by atoms with Crippen LogP contribution in [0.1, 0.15) is 39.0 Å². The average Bonchev–Trinajstić information content (AvgIpc) is 2.30. The summed E-state index contributed by atoms with van der Waals surface area (Å²) in [5.74, 6) is -0.643. The van der Waals surface area contributed by atoms with Crippen LogP contribution < -0.4 is 0 Å². The van der Waals surface area contributed by atoms with Gasteiger partial charge >= 0.3 is 5.97 Å². The molecule has 1 saturated heterocycles. The van der Waals surface area contributed by atoms with Crippen molar-refractivity contribution in [3.63, 3.8) is 0 Å². The Morgan fingerprint density at radius 1 is 1.46 bits per heavy atom.